The largest absolute Gasteiger partial charge is 0.394 e. The molecule has 1 unspecified atom stereocenters. The molecule has 1 aliphatic heterocycles. The highest BCUT2D eigenvalue weighted by molar-refractivity contribution is 5.86. The second kappa shape index (κ2) is 4.41. The Morgan fingerprint density at radius 3 is 2.95 bits per heavy atom. The fraction of sp³-hybridized carbons (Fsp3) is 0.455. The number of fused-ring (bicyclic) bond motifs is 1. The van der Waals surface area contributed by atoms with Crippen LogP contribution in [-0.4, -0.2) is 49.7 Å². The van der Waals surface area contributed by atoms with Crippen LogP contribution in [0.25, 0.3) is 11.0 Å². The van der Waals surface area contributed by atoms with Gasteiger partial charge in [0.15, 0.2) is 12.4 Å². The molecule has 7 nitrogen and oxygen atoms in total. The summed E-state index contributed by atoms with van der Waals surface area (Å²) in [7, 11) is 0. The molecule has 0 aliphatic carbocycles. The van der Waals surface area contributed by atoms with E-state index in [1.807, 2.05) is 0 Å². The third kappa shape index (κ3) is 1.76. The van der Waals surface area contributed by atoms with Crippen molar-refractivity contribution in [2.75, 3.05) is 12.3 Å². The van der Waals surface area contributed by atoms with Gasteiger partial charge in [-0.3, -0.25) is 0 Å². The van der Waals surface area contributed by atoms with Gasteiger partial charge in [-0.05, 0) is 6.07 Å². The number of rotatable bonds is 2. The van der Waals surface area contributed by atoms with E-state index < -0.39 is 31.2 Å². The van der Waals surface area contributed by atoms with E-state index in [2.05, 4.69) is 9.97 Å². The van der Waals surface area contributed by atoms with Crippen molar-refractivity contribution in [1.82, 2.24) is 14.5 Å². The van der Waals surface area contributed by atoms with E-state index in [0.717, 1.165) is 0 Å². The smallest absolute Gasteiger partial charge is 0.173 e. The van der Waals surface area contributed by atoms with Crippen LogP contribution < -0.4 is 5.73 Å². The van der Waals surface area contributed by atoms with Gasteiger partial charge in [-0.25, -0.2) is 14.4 Å². The lowest BCUT2D eigenvalue weighted by Gasteiger charge is -2.15. The number of ether oxygens (including phenoxy) is 1. The molecule has 2 aromatic rings. The van der Waals surface area contributed by atoms with Crippen LogP contribution in [0.4, 0.5) is 10.2 Å². The minimum absolute atomic E-state index is 0.288. The second-order valence-corrected chi connectivity index (χ2v) is 4.40. The van der Waals surface area contributed by atoms with E-state index in [9.17, 15) is 9.50 Å². The molecule has 1 aliphatic rings. The molecule has 1 saturated heterocycles. The molecule has 0 aromatic carbocycles. The van der Waals surface area contributed by atoms with Gasteiger partial charge in [0.1, 0.15) is 30.0 Å². The van der Waals surface area contributed by atoms with Gasteiger partial charge < -0.3 is 25.3 Å². The Morgan fingerprint density at radius 1 is 1.47 bits per heavy atom. The van der Waals surface area contributed by atoms with Gasteiger partial charge in [-0.2, -0.15) is 0 Å². The molecule has 0 spiro atoms. The summed E-state index contributed by atoms with van der Waals surface area (Å²) in [4.78, 5) is 7.88. The summed E-state index contributed by atoms with van der Waals surface area (Å²) in [6, 6.07) is 1.65. The number of hydrogen-bond acceptors (Lipinski definition) is 6. The van der Waals surface area contributed by atoms with Crippen molar-refractivity contribution >= 4 is 16.9 Å². The quantitative estimate of drug-likeness (QED) is 0.684. The number of hydrogen-bond donors (Lipinski definition) is 3. The molecule has 3 rings (SSSR count). The molecule has 1 fully saturated rings. The minimum atomic E-state index is -1.65. The van der Waals surface area contributed by atoms with Crippen LogP contribution in [0, 0.1) is 0 Å². The molecule has 19 heavy (non-hydrogen) atoms. The first-order valence-corrected chi connectivity index (χ1v) is 5.79. The zero-order chi connectivity index (χ0) is 13.6. The maximum atomic E-state index is 14.0. The first-order chi connectivity index (χ1) is 9.13. The second-order valence-electron chi connectivity index (χ2n) is 4.40. The van der Waals surface area contributed by atoms with Crippen molar-refractivity contribution in [3.05, 3.63) is 18.6 Å². The van der Waals surface area contributed by atoms with Crippen LogP contribution >= 0.6 is 0 Å². The van der Waals surface area contributed by atoms with Crippen LogP contribution in [-0.2, 0) is 4.74 Å². The van der Waals surface area contributed by atoms with E-state index >= 15 is 0 Å². The van der Waals surface area contributed by atoms with Crippen LogP contribution in [0.1, 0.15) is 6.23 Å². The number of nitrogens with zero attached hydrogens (tertiary/aromatic N) is 3. The third-order valence-electron chi connectivity index (χ3n) is 3.29. The first kappa shape index (κ1) is 12.3. The normalized spacial score (nSPS) is 31.1. The van der Waals surface area contributed by atoms with E-state index in [4.69, 9.17) is 15.6 Å². The number of aromatic nitrogens is 3. The molecule has 4 atom stereocenters. The van der Waals surface area contributed by atoms with Crippen molar-refractivity contribution in [2.24, 2.45) is 0 Å². The number of nitrogens with two attached hydrogens (primary N) is 1. The predicted molar refractivity (Wildman–Crippen MR) is 63.8 cm³/mol. The van der Waals surface area contributed by atoms with Gasteiger partial charge in [0, 0.05) is 6.20 Å². The highest BCUT2D eigenvalue weighted by Crippen LogP contribution is 2.34. The molecule has 8 heteroatoms. The van der Waals surface area contributed by atoms with Crippen molar-refractivity contribution in [2.45, 2.75) is 24.6 Å². The number of anilines is 1. The molecule has 2 aromatic heterocycles. The predicted octanol–water partition coefficient (Wildman–Crippen LogP) is -0.398. The van der Waals surface area contributed by atoms with E-state index in [-0.39, 0.29) is 5.82 Å². The lowest BCUT2D eigenvalue weighted by Crippen LogP contribution is -2.30. The van der Waals surface area contributed by atoms with Gasteiger partial charge in [0.05, 0.1) is 12.0 Å². The summed E-state index contributed by atoms with van der Waals surface area (Å²) < 4.78 is 20.8. The van der Waals surface area contributed by atoms with Crippen molar-refractivity contribution in [3.8, 4) is 0 Å². The molecule has 0 saturated carbocycles. The molecule has 0 radical (unpaired) electrons. The molecule has 0 bridgehead atoms. The number of aliphatic hydroxyl groups is 2. The van der Waals surface area contributed by atoms with Gasteiger partial charge in [0.2, 0.25) is 0 Å². The van der Waals surface area contributed by atoms with Crippen molar-refractivity contribution in [3.63, 3.8) is 0 Å². The number of halogens is 1. The van der Waals surface area contributed by atoms with Crippen LogP contribution in [0.5, 0.6) is 0 Å². The van der Waals surface area contributed by atoms with E-state index in [1.165, 1.54) is 10.9 Å². The Morgan fingerprint density at radius 2 is 2.26 bits per heavy atom. The summed E-state index contributed by atoms with van der Waals surface area (Å²) in [5.41, 5.74) is 6.12. The molecule has 3 heterocycles. The fourth-order valence-electron chi connectivity index (χ4n) is 2.27. The molecular formula is C11H13FN4O3. The molecular weight excluding hydrogens is 255 g/mol. The van der Waals surface area contributed by atoms with Gasteiger partial charge in [-0.15, -0.1) is 0 Å². The van der Waals surface area contributed by atoms with Crippen LogP contribution in [0.3, 0.4) is 0 Å². The Hall–Kier alpha value is -1.77. The zero-order valence-corrected chi connectivity index (χ0v) is 9.85. The van der Waals surface area contributed by atoms with Gasteiger partial charge in [-0.1, -0.05) is 0 Å². The summed E-state index contributed by atoms with van der Waals surface area (Å²) in [5, 5.41) is 19.2. The number of nitrogen functional groups attached to an aromatic ring is 1. The minimum Gasteiger partial charge on any atom is -0.394 e. The molecule has 102 valence electrons. The lowest BCUT2D eigenvalue weighted by atomic mass is 10.1. The zero-order valence-electron chi connectivity index (χ0n) is 9.85. The SMILES string of the molecule is Nc1ncnc2c1ccn2C1O[C@H](CO)[C@@H](O)[C@@H]1F. The Balaban J connectivity index is 2.04. The first-order valence-electron chi connectivity index (χ1n) is 5.79. The highest BCUT2D eigenvalue weighted by atomic mass is 19.1. The monoisotopic (exact) mass is 268 g/mol. The summed E-state index contributed by atoms with van der Waals surface area (Å²) >= 11 is 0. The standard InChI is InChI=1S/C11H13FN4O3/c12-7-8(18)6(3-17)19-11(7)16-2-1-5-9(13)14-4-15-10(5)16/h1-2,4,6-8,11,17-18H,3H2,(H2,13,14,15)/t6-,7+,8-,11?/m1/s1. The number of aliphatic hydroxyl groups excluding tert-OH is 2. The topological polar surface area (TPSA) is 106 Å². The van der Waals surface area contributed by atoms with E-state index in [1.54, 1.807) is 12.3 Å². The average molecular weight is 268 g/mol. The van der Waals surface area contributed by atoms with Crippen LogP contribution in [0.15, 0.2) is 18.6 Å². The third-order valence-corrected chi connectivity index (χ3v) is 3.29. The molecule has 4 N–H and O–H groups in total. The maximum absolute atomic E-state index is 14.0. The van der Waals surface area contributed by atoms with Gasteiger partial charge in [0.25, 0.3) is 0 Å². The summed E-state index contributed by atoms with van der Waals surface area (Å²) in [5.74, 6) is 0.288. The summed E-state index contributed by atoms with van der Waals surface area (Å²) in [6.45, 7) is -0.450. The maximum Gasteiger partial charge on any atom is 0.173 e. The number of alkyl halides is 1. The van der Waals surface area contributed by atoms with Crippen molar-refractivity contribution in [1.29, 1.82) is 0 Å². The van der Waals surface area contributed by atoms with Gasteiger partial charge >= 0.3 is 0 Å². The fourth-order valence-corrected chi connectivity index (χ4v) is 2.27. The Bertz CT molecular complexity index is 605. The van der Waals surface area contributed by atoms with Crippen LogP contribution in [0.2, 0.25) is 0 Å². The highest BCUT2D eigenvalue weighted by Gasteiger charge is 2.45. The Labute approximate surface area is 107 Å². The summed E-state index contributed by atoms with van der Waals surface area (Å²) in [6.07, 6.45) is -2.17. The lowest BCUT2D eigenvalue weighted by molar-refractivity contribution is -0.0457. The van der Waals surface area contributed by atoms with Crippen molar-refractivity contribution < 1.29 is 19.3 Å². The molecule has 0 amide bonds. The average Bonchev–Trinajstić information content (AvgIpc) is 2.94. The van der Waals surface area contributed by atoms with E-state index in [0.29, 0.717) is 11.0 Å². The Kier molecular flexibility index (Phi) is 2.85.